The van der Waals surface area contributed by atoms with E-state index in [0.717, 1.165) is 26.6 Å². The average Bonchev–Trinajstić information content (AvgIpc) is 3.27. The fraction of sp³-hybridized carbons (Fsp3) is 0.423. The predicted molar refractivity (Wildman–Crippen MR) is 133 cm³/mol. The Balaban J connectivity index is 1.94. The van der Waals surface area contributed by atoms with E-state index in [-0.39, 0.29) is 17.0 Å². The lowest BCUT2D eigenvalue weighted by Crippen LogP contribution is -2.32. The zero-order valence-electron chi connectivity index (χ0n) is 20.6. The molecule has 1 atom stereocenters. The number of carbonyl (C=O) groups is 1. The van der Waals surface area contributed by atoms with Crippen LogP contribution in [0.3, 0.4) is 0 Å². The lowest BCUT2D eigenvalue weighted by atomic mass is 9.78. The molecule has 0 fully saturated rings. The van der Waals surface area contributed by atoms with Gasteiger partial charge in [0.15, 0.2) is 5.43 Å². The first-order valence-electron chi connectivity index (χ1n) is 11.1. The molecule has 0 aliphatic carbocycles. The number of aromatic carboxylic acids is 1. The number of thiazole rings is 1. The van der Waals surface area contributed by atoms with E-state index in [1.807, 2.05) is 30.7 Å². The molecule has 1 unspecified atom stereocenters. The van der Waals surface area contributed by atoms with Crippen LogP contribution in [-0.2, 0) is 16.8 Å². The highest BCUT2D eigenvalue weighted by molar-refractivity contribution is 7.15. The second-order valence-corrected chi connectivity index (χ2v) is 11.2. The third kappa shape index (κ3) is 4.05. The normalized spacial score (nSPS) is 15.6. The van der Waals surface area contributed by atoms with Gasteiger partial charge in [0.25, 0.3) is 0 Å². The average molecular weight is 483 g/mol. The maximum atomic E-state index is 12.6. The minimum absolute atomic E-state index is 0.0283. The van der Waals surface area contributed by atoms with Gasteiger partial charge in [-0.25, -0.2) is 9.78 Å². The third-order valence-electron chi connectivity index (χ3n) is 6.56. The number of methoxy groups -OCH3 is 2. The SMILES string of the molecule is COc1cc2c(cc1-c1cnc(C(C)(C)OC)s1)CC(C(C)(C)C)n1cc(C(=O)O)c(=O)cc1-2. The summed E-state index contributed by atoms with van der Waals surface area (Å²) >= 11 is 1.56. The van der Waals surface area contributed by atoms with Crippen LogP contribution in [-0.4, -0.2) is 34.8 Å². The molecule has 4 rings (SSSR count). The number of rotatable bonds is 5. The van der Waals surface area contributed by atoms with Gasteiger partial charge in [0.2, 0.25) is 0 Å². The van der Waals surface area contributed by atoms with Crippen LogP contribution in [0.25, 0.3) is 21.7 Å². The van der Waals surface area contributed by atoms with Gasteiger partial charge in [-0.05, 0) is 43.4 Å². The Morgan fingerprint density at radius 3 is 2.44 bits per heavy atom. The molecule has 1 N–H and O–H groups in total. The summed E-state index contributed by atoms with van der Waals surface area (Å²) in [5, 5.41) is 10.4. The molecule has 180 valence electrons. The Kier molecular flexibility index (Phi) is 5.94. The fourth-order valence-corrected chi connectivity index (χ4v) is 5.39. The highest BCUT2D eigenvalue weighted by Crippen LogP contribution is 2.47. The van der Waals surface area contributed by atoms with Crippen LogP contribution in [0.1, 0.15) is 61.6 Å². The number of ether oxygens (including phenoxy) is 2. The van der Waals surface area contributed by atoms with Crippen molar-refractivity contribution in [2.75, 3.05) is 14.2 Å². The molecule has 8 heteroatoms. The van der Waals surface area contributed by atoms with E-state index in [1.54, 1.807) is 25.6 Å². The summed E-state index contributed by atoms with van der Waals surface area (Å²) < 4.78 is 13.3. The molecule has 7 nitrogen and oxygen atoms in total. The van der Waals surface area contributed by atoms with Crippen molar-refractivity contribution in [3.05, 3.63) is 57.0 Å². The van der Waals surface area contributed by atoms with E-state index in [4.69, 9.17) is 9.47 Å². The van der Waals surface area contributed by atoms with Crippen molar-refractivity contribution in [1.82, 2.24) is 9.55 Å². The lowest BCUT2D eigenvalue weighted by Gasteiger charge is -2.39. The van der Waals surface area contributed by atoms with Crippen LogP contribution in [0.15, 0.2) is 35.4 Å². The van der Waals surface area contributed by atoms with E-state index in [0.29, 0.717) is 17.9 Å². The Labute approximate surface area is 203 Å². The summed E-state index contributed by atoms with van der Waals surface area (Å²) in [5.41, 5.74) is 2.20. The van der Waals surface area contributed by atoms with E-state index < -0.39 is 17.0 Å². The van der Waals surface area contributed by atoms with Crippen LogP contribution < -0.4 is 10.2 Å². The van der Waals surface area contributed by atoms with Crippen LogP contribution in [0.4, 0.5) is 0 Å². The number of nitrogens with zero attached hydrogens (tertiary/aromatic N) is 2. The summed E-state index contributed by atoms with van der Waals surface area (Å²) in [6.07, 6.45) is 4.02. The van der Waals surface area contributed by atoms with Gasteiger partial charge in [0.1, 0.15) is 21.9 Å². The van der Waals surface area contributed by atoms with Gasteiger partial charge in [-0.15, -0.1) is 11.3 Å². The molecular weight excluding hydrogens is 452 g/mol. The Hall–Kier alpha value is -2.97. The molecule has 1 aliphatic rings. The molecule has 0 amide bonds. The number of benzene rings is 1. The summed E-state index contributed by atoms with van der Waals surface area (Å²) in [5.74, 6) is -0.550. The molecule has 0 saturated heterocycles. The van der Waals surface area contributed by atoms with Gasteiger partial charge in [-0.2, -0.15) is 0 Å². The number of fused-ring (bicyclic) bond motifs is 3. The smallest absolute Gasteiger partial charge is 0.341 e. The first-order chi connectivity index (χ1) is 15.9. The van der Waals surface area contributed by atoms with Crippen molar-refractivity contribution in [3.63, 3.8) is 0 Å². The largest absolute Gasteiger partial charge is 0.496 e. The number of aromatic nitrogens is 2. The van der Waals surface area contributed by atoms with Crippen molar-refractivity contribution >= 4 is 17.3 Å². The molecule has 3 heterocycles. The fourth-order valence-electron chi connectivity index (χ4n) is 4.37. The Morgan fingerprint density at radius 1 is 1.15 bits per heavy atom. The predicted octanol–water partition coefficient (Wildman–Crippen LogP) is 5.37. The maximum Gasteiger partial charge on any atom is 0.341 e. The summed E-state index contributed by atoms with van der Waals surface area (Å²) in [6, 6.07) is 5.46. The zero-order chi connectivity index (χ0) is 25.0. The first-order valence-corrected chi connectivity index (χ1v) is 11.9. The van der Waals surface area contributed by atoms with Crippen LogP contribution >= 0.6 is 11.3 Å². The van der Waals surface area contributed by atoms with Crippen molar-refractivity contribution in [3.8, 4) is 27.4 Å². The molecule has 1 aliphatic heterocycles. The van der Waals surface area contributed by atoms with Crippen LogP contribution in [0.2, 0.25) is 0 Å². The topological polar surface area (TPSA) is 90.7 Å². The molecule has 0 bridgehead atoms. The number of pyridine rings is 1. The first kappa shape index (κ1) is 24.2. The standard InChI is InChI=1S/C26H30N2O5S/c1-25(2,3)22-9-14-8-16(21-12-27-24(34-21)26(4,5)33-7)20(32-6)10-15(14)18-11-19(29)17(23(30)31)13-28(18)22/h8,10-13,22H,9H2,1-7H3,(H,30,31). The highest BCUT2D eigenvalue weighted by atomic mass is 32.1. The van der Waals surface area contributed by atoms with Gasteiger partial charge < -0.3 is 19.1 Å². The van der Waals surface area contributed by atoms with Crippen molar-refractivity contribution < 1.29 is 19.4 Å². The minimum atomic E-state index is -1.22. The third-order valence-corrected chi connectivity index (χ3v) is 7.89. The second-order valence-electron chi connectivity index (χ2n) is 10.2. The Morgan fingerprint density at radius 2 is 1.85 bits per heavy atom. The lowest BCUT2D eigenvalue weighted by molar-refractivity contribution is 0.0190. The summed E-state index contributed by atoms with van der Waals surface area (Å²) in [6.45, 7) is 10.3. The van der Waals surface area contributed by atoms with Gasteiger partial charge in [0.05, 0.1) is 17.7 Å². The molecular formula is C26H30N2O5S. The summed E-state index contributed by atoms with van der Waals surface area (Å²) in [7, 11) is 3.29. The van der Waals surface area contributed by atoms with Crippen LogP contribution in [0, 0.1) is 5.41 Å². The number of carboxylic acids is 1. The molecule has 0 radical (unpaired) electrons. The monoisotopic (exact) mass is 482 g/mol. The Bertz CT molecular complexity index is 1330. The van der Waals surface area contributed by atoms with Crippen molar-refractivity contribution in [2.24, 2.45) is 5.41 Å². The van der Waals surface area contributed by atoms with Crippen molar-refractivity contribution in [2.45, 2.75) is 52.7 Å². The number of carboxylic acid groups (broad SMARTS) is 1. The molecule has 0 spiro atoms. The van der Waals surface area contributed by atoms with Crippen molar-refractivity contribution in [1.29, 1.82) is 0 Å². The molecule has 2 aromatic heterocycles. The number of hydrogen-bond donors (Lipinski definition) is 1. The highest BCUT2D eigenvalue weighted by Gasteiger charge is 2.34. The summed E-state index contributed by atoms with van der Waals surface area (Å²) in [4.78, 5) is 29.8. The van der Waals surface area contributed by atoms with E-state index in [1.165, 1.54) is 12.3 Å². The van der Waals surface area contributed by atoms with Gasteiger partial charge in [0, 0.05) is 42.7 Å². The molecule has 3 aromatic rings. The van der Waals surface area contributed by atoms with Gasteiger partial charge in [-0.1, -0.05) is 20.8 Å². The van der Waals surface area contributed by atoms with E-state index in [2.05, 4.69) is 31.8 Å². The zero-order valence-corrected chi connectivity index (χ0v) is 21.4. The van der Waals surface area contributed by atoms with E-state index in [9.17, 15) is 14.7 Å². The minimum Gasteiger partial charge on any atom is -0.496 e. The quantitative estimate of drug-likeness (QED) is 0.526. The molecule has 0 saturated carbocycles. The molecule has 1 aromatic carbocycles. The van der Waals surface area contributed by atoms with Crippen LogP contribution in [0.5, 0.6) is 5.75 Å². The maximum absolute atomic E-state index is 12.6. The second kappa shape index (κ2) is 8.36. The van der Waals surface area contributed by atoms with Gasteiger partial charge in [-0.3, -0.25) is 4.79 Å². The van der Waals surface area contributed by atoms with E-state index >= 15 is 0 Å². The van der Waals surface area contributed by atoms with Gasteiger partial charge >= 0.3 is 5.97 Å². The molecule has 34 heavy (non-hydrogen) atoms. The number of hydrogen-bond acceptors (Lipinski definition) is 6.